The standard InChI is InChI=1S/C38H42F2N3O8PS/c1-37(2,3)33(41-34(44)32-19-26-18-27(14-15-31(26)53-32)38(39,40)52(47,48)49)36(46)43-21-28(51-23-24-10-6-4-7-11-24)20-29(43)35(45)42-16-17-50-30(22-42)25-12-8-5-9-13-25/h4-15,18-19,28-30,33H,16-17,20-23H2,1-3H3,(H,41,44)(H2,47,48,49)/t28-,29+,30+,33?/m1/s1. The van der Waals surface area contributed by atoms with Gasteiger partial charge in [0.15, 0.2) is 0 Å². The second-order valence-electron chi connectivity index (χ2n) is 14.4. The predicted octanol–water partition coefficient (Wildman–Crippen LogP) is 6.06. The molecule has 1 aromatic heterocycles. The number of rotatable bonds is 10. The summed E-state index contributed by atoms with van der Waals surface area (Å²) in [5, 5.41) is 3.03. The van der Waals surface area contributed by atoms with Gasteiger partial charge in [0, 0.05) is 29.8 Å². The highest BCUT2D eigenvalue weighted by molar-refractivity contribution is 7.52. The normalized spacial score (nSPS) is 20.4. The lowest BCUT2D eigenvalue weighted by molar-refractivity contribution is -0.150. The van der Waals surface area contributed by atoms with Gasteiger partial charge in [-0.2, -0.15) is 8.78 Å². The molecule has 0 saturated carbocycles. The molecule has 11 nitrogen and oxygen atoms in total. The van der Waals surface area contributed by atoms with Gasteiger partial charge in [0.1, 0.15) is 18.2 Å². The van der Waals surface area contributed by atoms with Crippen LogP contribution in [0, 0.1) is 5.41 Å². The maximum absolute atomic E-state index is 14.6. The third-order valence-electron chi connectivity index (χ3n) is 9.55. The molecule has 2 saturated heterocycles. The summed E-state index contributed by atoms with van der Waals surface area (Å²) in [6.45, 7) is 6.77. The minimum absolute atomic E-state index is 0.108. The van der Waals surface area contributed by atoms with Crippen LogP contribution in [-0.2, 0) is 35.9 Å². The fourth-order valence-electron chi connectivity index (χ4n) is 6.64. The van der Waals surface area contributed by atoms with Crippen LogP contribution in [0.3, 0.4) is 0 Å². The van der Waals surface area contributed by atoms with Crippen molar-refractivity contribution in [2.45, 2.75) is 63.8 Å². The summed E-state index contributed by atoms with van der Waals surface area (Å²) in [7, 11) is -5.80. The number of morpholine rings is 1. The number of halogens is 2. The van der Waals surface area contributed by atoms with Crippen LogP contribution >= 0.6 is 18.9 Å². The van der Waals surface area contributed by atoms with Gasteiger partial charge < -0.3 is 34.4 Å². The van der Waals surface area contributed by atoms with Crippen molar-refractivity contribution >= 4 is 46.7 Å². The monoisotopic (exact) mass is 769 g/mol. The van der Waals surface area contributed by atoms with Gasteiger partial charge in [0.25, 0.3) is 5.91 Å². The number of benzene rings is 3. The molecular weight excluding hydrogens is 727 g/mol. The van der Waals surface area contributed by atoms with Crippen LogP contribution in [0.25, 0.3) is 10.1 Å². The summed E-state index contributed by atoms with van der Waals surface area (Å²) in [6.07, 6.45) is -0.530. The van der Waals surface area contributed by atoms with Crippen LogP contribution in [0.5, 0.6) is 0 Å². The fourth-order valence-corrected chi connectivity index (χ4v) is 8.06. The zero-order valence-corrected chi connectivity index (χ0v) is 31.2. The summed E-state index contributed by atoms with van der Waals surface area (Å²) < 4.78 is 53.0. The Bertz CT molecular complexity index is 2000. The quantitative estimate of drug-likeness (QED) is 0.165. The van der Waals surface area contributed by atoms with Crippen molar-refractivity contribution in [3.63, 3.8) is 0 Å². The highest BCUT2D eigenvalue weighted by atomic mass is 32.1. The van der Waals surface area contributed by atoms with Crippen molar-refractivity contribution in [2.75, 3.05) is 26.2 Å². The summed E-state index contributed by atoms with van der Waals surface area (Å²) in [4.78, 5) is 64.4. The van der Waals surface area contributed by atoms with Crippen molar-refractivity contribution < 1.29 is 47.0 Å². The lowest BCUT2D eigenvalue weighted by Gasteiger charge is -2.38. The molecule has 1 unspecified atom stereocenters. The first kappa shape index (κ1) is 38.7. The second-order valence-corrected chi connectivity index (χ2v) is 17.2. The highest BCUT2D eigenvalue weighted by Gasteiger charge is 2.51. The highest BCUT2D eigenvalue weighted by Crippen LogP contribution is 2.59. The minimum atomic E-state index is -5.80. The van der Waals surface area contributed by atoms with Gasteiger partial charge >= 0.3 is 13.3 Å². The molecule has 282 valence electrons. The molecule has 2 fully saturated rings. The molecule has 2 aliphatic heterocycles. The van der Waals surface area contributed by atoms with E-state index in [2.05, 4.69) is 5.32 Å². The van der Waals surface area contributed by atoms with E-state index in [1.807, 2.05) is 60.7 Å². The van der Waals surface area contributed by atoms with Crippen LogP contribution < -0.4 is 5.32 Å². The van der Waals surface area contributed by atoms with Crippen LogP contribution in [0.15, 0.2) is 84.9 Å². The molecule has 3 N–H and O–H groups in total. The van der Waals surface area contributed by atoms with Gasteiger partial charge in [-0.3, -0.25) is 18.9 Å². The largest absolute Gasteiger partial charge is 0.399 e. The molecular formula is C38H42F2N3O8PS. The predicted molar refractivity (Wildman–Crippen MR) is 195 cm³/mol. The number of likely N-dealkylation sites (tertiary alicyclic amines) is 1. The summed E-state index contributed by atoms with van der Waals surface area (Å²) in [5.41, 5.74) is -4.23. The fraction of sp³-hybridized carbons (Fsp3) is 0.395. The zero-order chi connectivity index (χ0) is 38.1. The first-order valence-electron chi connectivity index (χ1n) is 17.2. The average Bonchev–Trinajstić information content (AvgIpc) is 3.77. The van der Waals surface area contributed by atoms with E-state index in [4.69, 9.17) is 9.47 Å². The number of hydrogen-bond acceptors (Lipinski definition) is 7. The lowest BCUT2D eigenvalue weighted by Crippen LogP contribution is -2.58. The van der Waals surface area contributed by atoms with E-state index in [9.17, 15) is 37.5 Å². The molecule has 0 bridgehead atoms. The molecule has 53 heavy (non-hydrogen) atoms. The van der Waals surface area contributed by atoms with Gasteiger partial charge in [-0.15, -0.1) is 11.3 Å². The van der Waals surface area contributed by atoms with Crippen molar-refractivity contribution in [3.8, 4) is 0 Å². The Labute approximate surface area is 310 Å². The average molecular weight is 770 g/mol. The Morgan fingerprint density at radius 2 is 1.68 bits per heavy atom. The Balaban J connectivity index is 1.24. The van der Waals surface area contributed by atoms with Gasteiger partial charge in [0.05, 0.1) is 30.7 Å². The van der Waals surface area contributed by atoms with Gasteiger partial charge in [0.2, 0.25) is 11.8 Å². The number of thiophene rings is 1. The summed E-state index contributed by atoms with van der Waals surface area (Å²) >= 11 is 0.988. The Morgan fingerprint density at radius 1 is 1.00 bits per heavy atom. The molecule has 6 rings (SSSR count). The number of carbonyl (C=O) groups excluding carboxylic acids is 3. The van der Waals surface area contributed by atoms with E-state index >= 15 is 0 Å². The minimum Gasteiger partial charge on any atom is -0.372 e. The number of alkyl halides is 2. The van der Waals surface area contributed by atoms with Gasteiger partial charge in [-0.25, -0.2) is 0 Å². The second kappa shape index (κ2) is 15.4. The van der Waals surface area contributed by atoms with Crippen LogP contribution in [-0.4, -0.2) is 81.7 Å². The molecule has 0 aliphatic carbocycles. The van der Waals surface area contributed by atoms with E-state index in [1.54, 1.807) is 25.7 Å². The van der Waals surface area contributed by atoms with E-state index < -0.39 is 54.2 Å². The van der Waals surface area contributed by atoms with Crippen molar-refractivity contribution in [3.05, 3.63) is 106 Å². The number of carbonyl (C=O) groups is 3. The van der Waals surface area contributed by atoms with Crippen LogP contribution in [0.2, 0.25) is 0 Å². The first-order chi connectivity index (χ1) is 25.0. The zero-order valence-electron chi connectivity index (χ0n) is 29.5. The Hall–Kier alpha value is -4.04. The number of fused-ring (bicyclic) bond motifs is 1. The number of hydrogen-bond donors (Lipinski definition) is 3. The molecule has 4 atom stereocenters. The molecule has 2 aliphatic rings. The summed E-state index contributed by atoms with van der Waals surface area (Å²) in [5.74, 6) is -1.34. The van der Waals surface area contributed by atoms with Crippen molar-refractivity contribution in [1.82, 2.24) is 15.1 Å². The van der Waals surface area contributed by atoms with Crippen molar-refractivity contribution in [1.29, 1.82) is 0 Å². The number of nitrogens with one attached hydrogen (secondary N) is 1. The number of amides is 3. The molecule has 0 radical (unpaired) electrons. The van der Waals surface area contributed by atoms with Crippen molar-refractivity contribution in [2.24, 2.45) is 5.41 Å². The van der Waals surface area contributed by atoms with Crippen LogP contribution in [0.1, 0.15) is 59.7 Å². The SMILES string of the molecule is CC(C)(C)C(NC(=O)c1cc2cc(C(F)(F)P(=O)(O)O)ccc2s1)C(=O)N1C[C@H](OCc2ccccc2)C[C@H]1C(=O)N1CCO[C@H](c2ccccc2)C1. The third kappa shape index (κ3) is 8.53. The molecule has 15 heteroatoms. The number of ether oxygens (including phenoxy) is 2. The van der Waals surface area contributed by atoms with Crippen LogP contribution in [0.4, 0.5) is 8.78 Å². The maximum atomic E-state index is 14.6. The van der Waals surface area contributed by atoms with Gasteiger partial charge in [-0.1, -0.05) is 87.5 Å². The van der Waals surface area contributed by atoms with E-state index in [1.165, 1.54) is 17.0 Å². The molecule has 3 amide bonds. The molecule has 0 spiro atoms. The summed E-state index contributed by atoms with van der Waals surface area (Å²) in [6, 6.07) is 21.7. The third-order valence-corrected chi connectivity index (χ3v) is 11.7. The Kier molecular flexibility index (Phi) is 11.2. The molecule has 3 heterocycles. The van der Waals surface area contributed by atoms with E-state index in [0.29, 0.717) is 24.4 Å². The Morgan fingerprint density at radius 3 is 2.34 bits per heavy atom. The number of nitrogens with zero attached hydrogens (tertiary/aromatic N) is 2. The van der Waals surface area contributed by atoms with Gasteiger partial charge in [-0.05, 0) is 40.1 Å². The smallest absolute Gasteiger partial charge is 0.372 e. The lowest BCUT2D eigenvalue weighted by atomic mass is 9.85. The first-order valence-corrected chi connectivity index (χ1v) is 19.7. The molecule has 4 aromatic rings. The van der Waals surface area contributed by atoms with E-state index in [-0.39, 0.29) is 41.8 Å². The maximum Gasteiger partial charge on any atom is 0.399 e. The topological polar surface area (TPSA) is 146 Å². The molecule has 3 aromatic carbocycles. The van der Waals surface area contributed by atoms with E-state index in [0.717, 1.165) is 34.6 Å².